The number of aliphatic hydroxyl groups excluding tert-OH is 1. The van der Waals surface area contributed by atoms with Crippen LogP contribution in [0.5, 0.6) is 0 Å². The molecule has 0 saturated heterocycles. The number of Topliss-reactive ketones (excluding diaryl/α,β-unsaturated/α-hetero) is 1. The Hall–Kier alpha value is -1.71. The Bertz CT molecular complexity index is 818. The van der Waals surface area contributed by atoms with Crippen LogP contribution in [0, 0.1) is 35.0 Å². The van der Waals surface area contributed by atoms with Crippen molar-refractivity contribution < 1.29 is 14.6 Å². The minimum absolute atomic E-state index is 0.0651. The van der Waals surface area contributed by atoms with E-state index in [4.69, 9.17) is 4.74 Å². The maximum absolute atomic E-state index is 12.3. The van der Waals surface area contributed by atoms with Gasteiger partial charge in [0.25, 0.3) is 0 Å². The highest BCUT2D eigenvalue weighted by Crippen LogP contribution is 2.30. The number of carbonyl (C=O) groups excluding carboxylic acids is 1. The summed E-state index contributed by atoms with van der Waals surface area (Å²) in [7, 11) is 1.78. The zero-order valence-corrected chi connectivity index (χ0v) is 26.1. The van der Waals surface area contributed by atoms with E-state index >= 15 is 0 Å². The van der Waals surface area contributed by atoms with Gasteiger partial charge >= 0.3 is 0 Å². The first-order chi connectivity index (χ1) is 17.0. The summed E-state index contributed by atoms with van der Waals surface area (Å²) in [6.07, 6.45) is 14.6. The number of ketones is 1. The van der Waals surface area contributed by atoms with Gasteiger partial charge in [-0.3, -0.25) is 4.79 Å². The molecule has 0 radical (unpaired) electrons. The molecule has 0 fully saturated rings. The average Bonchev–Trinajstić information content (AvgIpc) is 2.79. The van der Waals surface area contributed by atoms with Gasteiger partial charge in [0.1, 0.15) is 5.78 Å². The summed E-state index contributed by atoms with van der Waals surface area (Å²) in [6, 6.07) is 0. The van der Waals surface area contributed by atoms with Crippen molar-refractivity contribution in [3.63, 3.8) is 0 Å². The number of aliphatic hydroxyl groups is 1. The number of methoxy groups -OCH3 is 1. The average molecular weight is 515 g/mol. The second-order valence-electron chi connectivity index (χ2n) is 12.9. The fourth-order valence-electron chi connectivity index (χ4n) is 4.63. The molecule has 0 aliphatic heterocycles. The van der Waals surface area contributed by atoms with E-state index in [1.54, 1.807) is 7.11 Å². The largest absolute Gasteiger partial charge is 0.388 e. The zero-order chi connectivity index (χ0) is 28.9. The van der Waals surface area contributed by atoms with Crippen molar-refractivity contribution in [1.82, 2.24) is 0 Å². The summed E-state index contributed by atoms with van der Waals surface area (Å²) < 4.78 is 5.68. The monoisotopic (exact) mass is 514 g/mol. The minimum atomic E-state index is -0.623. The van der Waals surface area contributed by atoms with Crippen LogP contribution in [-0.4, -0.2) is 30.2 Å². The summed E-state index contributed by atoms with van der Waals surface area (Å²) in [4.78, 5) is 12.3. The smallest absolute Gasteiger partial charge is 0.139 e. The Morgan fingerprint density at radius 2 is 1.57 bits per heavy atom. The Labute approximate surface area is 229 Å². The van der Waals surface area contributed by atoms with Crippen LogP contribution in [0.1, 0.15) is 95.4 Å². The van der Waals surface area contributed by atoms with Crippen LogP contribution < -0.4 is 0 Å². The van der Waals surface area contributed by atoms with Gasteiger partial charge in [-0.2, -0.15) is 0 Å². The van der Waals surface area contributed by atoms with Crippen molar-refractivity contribution in [1.29, 1.82) is 0 Å². The third kappa shape index (κ3) is 14.7. The van der Waals surface area contributed by atoms with Crippen molar-refractivity contribution in [2.45, 2.75) is 108 Å². The summed E-state index contributed by atoms with van der Waals surface area (Å²) in [5, 5.41) is 10.9. The van der Waals surface area contributed by atoms with Crippen molar-refractivity contribution in [2.75, 3.05) is 7.11 Å². The third-order valence-electron chi connectivity index (χ3n) is 7.12. The highest BCUT2D eigenvalue weighted by atomic mass is 16.5. The number of allylic oxidation sites excluding steroid dienone is 6. The van der Waals surface area contributed by atoms with E-state index in [1.165, 1.54) is 5.57 Å². The number of hydrogen-bond donors (Lipinski definition) is 1. The van der Waals surface area contributed by atoms with Crippen molar-refractivity contribution in [3.8, 4) is 0 Å². The van der Waals surface area contributed by atoms with Gasteiger partial charge in [-0.25, -0.2) is 0 Å². The number of rotatable bonds is 16. The third-order valence-corrected chi connectivity index (χ3v) is 7.12. The first kappa shape index (κ1) is 35.3. The molecule has 0 aromatic heterocycles. The van der Waals surface area contributed by atoms with E-state index in [0.29, 0.717) is 18.3 Å². The first-order valence-corrected chi connectivity index (χ1v) is 14.1. The maximum atomic E-state index is 12.3. The number of ether oxygens (including phenoxy) is 1. The fourth-order valence-corrected chi connectivity index (χ4v) is 4.63. The van der Waals surface area contributed by atoms with Gasteiger partial charge in [-0.15, -0.1) is 0 Å². The van der Waals surface area contributed by atoms with Gasteiger partial charge in [0, 0.05) is 25.4 Å². The lowest BCUT2D eigenvalue weighted by molar-refractivity contribution is -0.121. The predicted molar refractivity (Wildman–Crippen MR) is 162 cm³/mol. The van der Waals surface area contributed by atoms with Crippen LogP contribution in [0.15, 0.2) is 59.8 Å². The molecule has 3 nitrogen and oxygen atoms in total. The SMILES string of the molecule is C=C([C@H](C)C[C@H](C)/C=C/C=C/C=C(\C)[C@H](CC(C)(C)C)OC)[C@H](C)[C@H](O)/C(C)=C/[C@@H](C)C(=O)CC(C)C. The molecule has 0 bridgehead atoms. The standard InChI is InChI=1S/C34H58O3/c1-23(2)19-31(35)27(6)21-28(7)33(36)30(9)29(8)26(5)20-24(3)17-15-14-16-18-25(4)32(37-13)22-34(10,11)12/h14-18,21,23-24,26-27,30,32-33,36H,8,19-20,22H2,1-7,9-13H3/b16-14+,17-15+,25-18+,28-21+/t24-,26-,27-,30+,32+,33-/m1/s1. The first-order valence-electron chi connectivity index (χ1n) is 14.1. The minimum Gasteiger partial charge on any atom is -0.388 e. The molecule has 0 amide bonds. The Balaban J connectivity index is 4.94. The summed E-state index contributed by atoms with van der Waals surface area (Å²) in [5.74, 6) is 1.01. The Kier molecular flexibility index (Phi) is 16.2. The van der Waals surface area contributed by atoms with Gasteiger partial charge in [0.05, 0.1) is 12.2 Å². The van der Waals surface area contributed by atoms with Crippen molar-refractivity contribution in [3.05, 3.63) is 59.8 Å². The molecule has 0 spiro atoms. The summed E-state index contributed by atoms with van der Waals surface area (Å²) in [5.41, 5.74) is 3.36. The van der Waals surface area contributed by atoms with Crippen LogP contribution in [0.3, 0.4) is 0 Å². The molecule has 0 rings (SSSR count). The van der Waals surface area contributed by atoms with E-state index < -0.39 is 6.10 Å². The van der Waals surface area contributed by atoms with E-state index in [2.05, 4.69) is 92.3 Å². The molecule has 37 heavy (non-hydrogen) atoms. The second-order valence-corrected chi connectivity index (χ2v) is 12.9. The highest BCUT2D eigenvalue weighted by Gasteiger charge is 2.24. The molecule has 6 atom stereocenters. The number of hydrogen-bond acceptors (Lipinski definition) is 3. The Morgan fingerprint density at radius 3 is 2.08 bits per heavy atom. The van der Waals surface area contributed by atoms with E-state index in [-0.39, 0.29) is 35.1 Å². The van der Waals surface area contributed by atoms with Gasteiger partial charge < -0.3 is 9.84 Å². The van der Waals surface area contributed by atoms with Gasteiger partial charge in [0.2, 0.25) is 0 Å². The van der Waals surface area contributed by atoms with Crippen molar-refractivity contribution >= 4 is 5.78 Å². The van der Waals surface area contributed by atoms with Gasteiger partial charge in [-0.1, -0.05) is 111 Å². The molecule has 0 aromatic rings. The lowest BCUT2D eigenvalue weighted by atomic mass is 9.81. The molecule has 0 saturated carbocycles. The van der Waals surface area contributed by atoms with E-state index in [1.807, 2.05) is 26.8 Å². The molecule has 0 aliphatic rings. The normalized spacial score (nSPS) is 18.8. The van der Waals surface area contributed by atoms with Crippen molar-refractivity contribution in [2.24, 2.45) is 35.0 Å². The molecular weight excluding hydrogens is 456 g/mol. The van der Waals surface area contributed by atoms with Gasteiger partial charge in [-0.05, 0) is 61.0 Å². The van der Waals surface area contributed by atoms with E-state index in [9.17, 15) is 9.90 Å². The molecule has 1 N–H and O–H groups in total. The van der Waals surface area contributed by atoms with Crippen LogP contribution in [-0.2, 0) is 9.53 Å². The summed E-state index contributed by atoms with van der Waals surface area (Å²) >= 11 is 0. The Morgan fingerprint density at radius 1 is 0.973 bits per heavy atom. The molecule has 3 heteroatoms. The molecule has 0 aliphatic carbocycles. The highest BCUT2D eigenvalue weighted by molar-refractivity contribution is 5.82. The molecule has 0 unspecified atom stereocenters. The van der Waals surface area contributed by atoms with Crippen LogP contribution in [0.25, 0.3) is 0 Å². The van der Waals surface area contributed by atoms with Gasteiger partial charge in [0.15, 0.2) is 0 Å². The molecule has 0 heterocycles. The molecular formula is C34H58O3. The second kappa shape index (κ2) is 17.0. The maximum Gasteiger partial charge on any atom is 0.139 e. The quantitative estimate of drug-likeness (QED) is 0.165. The van der Waals surface area contributed by atoms with Crippen LogP contribution in [0.2, 0.25) is 0 Å². The molecule has 212 valence electrons. The lowest BCUT2D eigenvalue weighted by Gasteiger charge is -2.27. The van der Waals surface area contributed by atoms with E-state index in [0.717, 1.165) is 24.0 Å². The molecule has 0 aromatic carbocycles. The summed E-state index contributed by atoms with van der Waals surface area (Å²) in [6.45, 7) is 27.6. The topological polar surface area (TPSA) is 46.5 Å². The zero-order valence-electron chi connectivity index (χ0n) is 26.1. The number of carbonyl (C=O) groups is 1. The van der Waals surface area contributed by atoms with Crippen LogP contribution in [0.4, 0.5) is 0 Å². The lowest BCUT2D eigenvalue weighted by Crippen LogP contribution is -2.24. The predicted octanol–water partition coefficient (Wildman–Crippen LogP) is 8.91. The fraction of sp³-hybridized carbons (Fsp3) is 0.676. The van der Waals surface area contributed by atoms with Crippen LogP contribution >= 0.6 is 0 Å².